The molecule has 1 aromatic carbocycles. The van der Waals surface area contributed by atoms with Crippen LogP contribution in [0.25, 0.3) is 10.2 Å². The summed E-state index contributed by atoms with van der Waals surface area (Å²) in [5.41, 5.74) is 2.44. The number of benzene rings is 1. The second-order valence-corrected chi connectivity index (χ2v) is 4.06. The zero-order valence-electron chi connectivity index (χ0n) is 5.87. The van der Waals surface area contributed by atoms with Gasteiger partial charge >= 0.3 is 10.3 Å². The molecule has 0 atom stereocenters. The van der Waals surface area contributed by atoms with Crippen molar-refractivity contribution in [2.24, 2.45) is 0 Å². The van der Waals surface area contributed by atoms with Gasteiger partial charge in [-0.05, 0) is 12.5 Å². The summed E-state index contributed by atoms with van der Waals surface area (Å²) in [5, 5.41) is 0. The molecule has 0 saturated heterocycles. The molecule has 0 fully saturated rings. The molecule has 2 rings (SSSR count). The summed E-state index contributed by atoms with van der Waals surface area (Å²) in [5.74, 6) is 0. The van der Waals surface area contributed by atoms with Gasteiger partial charge in [-0.15, -0.1) is 4.37 Å². The van der Waals surface area contributed by atoms with Gasteiger partial charge in [0.05, 0.1) is 0 Å². The number of nitrogens with zero attached hydrogens (tertiary/aromatic N) is 1. The first-order chi connectivity index (χ1) is 4.88. The summed E-state index contributed by atoms with van der Waals surface area (Å²) in [7, 11) is 3.29. The Balaban J connectivity index is 0.000000605. The summed E-state index contributed by atoms with van der Waals surface area (Å²) in [4.78, 5) is 0. The van der Waals surface area contributed by atoms with Crippen LogP contribution in [0.2, 0.25) is 0 Å². The zero-order chi connectivity index (χ0) is 6.97. The van der Waals surface area contributed by atoms with Crippen LogP contribution in [0.15, 0.2) is 18.2 Å². The van der Waals surface area contributed by atoms with Gasteiger partial charge in [0.15, 0.2) is 5.52 Å². The van der Waals surface area contributed by atoms with Crippen LogP contribution in [-0.4, -0.2) is 4.37 Å². The van der Waals surface area contributed by atoms with Crippen molar-refractivity contribution in [2.45, 2.75) is 6.92 Å². The van der Waals surface area contributed by atoms with Gasteiger partial charge in [0.2, 0.25) is 0 Å². The number of aryl methyl sites for hydroxylation is 1. The molecule has 1 heterocycles. The Hall–Kier alpha value is -0.250. The van der Waals surface area contributed by atoms with Gasteiger partial charge in [-0.2, -0.15) is 0 Å². The highest BCUT2D eigenvalue weighted by molar-refractivity contribution is 7.69. The lowest BCUT2D eigenvalue weighted by Crippen LogP contribution is -3.00. The van der Waals surface area contributed by atoms with E-state index >= 15 is 0 Å². The minimum Gasteiger partial charge on any atom is -1.00 e. The molecule has 2 aromatic rings. The highest BCUT2D eigenvalue weighted by Gasteiger charge is 2.09. The van der Waals surface area contributed by atoms with Gasteiger partial charge < -0.3 is 12.4 Å². The number of hydrogen-bond donors (Lipinski definition) is 0. The summed E-state index contributed by atoms with van der Waals surface area (Å²) in [6, 6.07) is 6.27. The molecule has 58 valence electrons. The third-order valence-electron chi connectivity index (χ3n) is 1.46. The Morgan fingerprint density at radius 1 is 1.45 bits per heavy atom. The lowest BCUT2D eigenvalue weighted by Gasteiger charge is -1.84. The Kier molecular flexibility index (Phi) is 2.76. The molecule has 1 nitrogen and oxygen atoms in total. The van der Waals surface area contributed by atoms with E-state index < -0.39 is 0 Å². The molecule has 0 N–H and O–H groups in total. The fraction of sp³-hybridized carbons (Fsp3) is 0.143. The molecule has 0 saturated carbocycles. The summed E-state index contributed by atoms with van der Waals surface area (Å²) in [6.07, 6.45) is 0. The average molecular weight is 204 g/mol. The quantitative estimate of drug-likeness (QED) is 0.432. The average Bonchev–Trinajstić information content (AvgIpc) is 2.36. The van der Waals surface area contributed by atoms with Gasteiger partial charge in [-0.1, -0.05) is 12.1 Å². The van der Waals surface area contributed by atoms with Crippen molar-refractivity contribution < 1.29 is 12.4 Å². The minimum atomic E-state index is 0. The summed E-state index contributed by atoms with van der Waals surface area (Å²) in [6.45, 7) is 2.09. The highest BCUT2D eigenvalue weighted by Crippen LogP contribution is 2.23. The van der Waals surface area contributed by atoms with Gasteiger partial charge in [0, 0.05) is 6.07 Å². The van der Waals surface area contributed by atoms with Crippen LogP contribution in [0.1, 0.15) is 5.56 Å². The van der Waals surface area contributed by atoms with E-state index in [1.54, 1.807) is 20.9 Å². The van der Waals surface area contributed by atoms with Crippen LogP contribution in [0.4, 0.5) is 0 Å². The van der Waals surface area contributed by atoms with Crippen molar-refractivity contribution in [2.75, 3.05) is 0 Å². The van der Waals surface area contributed by atoms with Crippen molar-refractivity contribution in [1.82, 2.24) is 4.37 Å². The SMILES string of the molecule is Cc1cccc2[s+]snc12.[Cl-]. The van der Waals surface area contributed by atoms with E-state index in [0.29, 0.717) is 0 Å². The number of aromatic nitrogens is 1. The summed E-state index contributed by atoms with van der Waals surface area (Å²) < 4.78 is 5.57. The molecule has 0 spiro atoms. The maximum atomic E-state index is 4.28. The number of hydrogen-bond acceptors (Lipinski definition) is 2. The smallest absolute Gasteiger partial charge is 0.323 e. The lowest BCUT2D eigenvalue weighted by atomic mass is 10.2. The third kappa shape index (κ3) is 1.50. The molecule has 1 aromatic heterocycles. The van der Waals surface area contributed by atoms with Crippen molar-refractivity contribution in [3.63, 3.8) is 0 Å². The van der Waals surface area contributed by atoms with Crippen LogP contribution in [0.5, 0.6) is 0 Å². The van der Waals surface area contributed by atoms with Gasteiger partial charge in [-0.25, -0.2) is 0 Å². The van der Waals surface area contributed by atoms with E-state index in [1.165, 1.54) is 10.3 Å². The molecule has 0 aliphatic heterocycles. The van der Waals surface area contributed by atoms with Crippen LogP contribution >= 0.6 is 20.9 Å². The largest absolute Gasteiger partial charge is 1.00 e. The topological polar surface area (TPSA) is 12.9 Å². The van der Waals surface area contributed by atoms with Crippen molar-refractivity contribution in [1.29, 1.82) is 0 Å². The number of rotatable bonds is 0. The second kappa shape index (κ2) is 3.43. The van der Waals surface area contributed by atoms with Crippen LogP contribution in [0.3, 0.4) is 0 Å². The predicted octanol–water partition coefficient (Wildman–Crippen LogP) is -0.0487. The molecule has 11 heavy (non-hydrogen) atoms. The monoisotopic (exact) mass is 203 g/mol. The molecule has 0 bridgehead atoms. The fourth-order valence-electron chi connectivity index (χ4n) is 0.912. The van der Waals surface area contributed by atoms with E-state index in [2.05, 4.69) is 29.5 Å². The standard InChI is InChI=1S/C7H6NS2.ClH/c1-5-3-2-4-6-7(5)8-10-9-6;/h2-4H,1H3;1H/q+1;/p-1. The van der Waals surface area contributed by atoms with Crippen molar-refractivity contribution >= 4 is 31.1 Å². The Labute approximate surface area is 78.7 Å². The van der Waals surface area contributed by atoms with Crippen molar-refractivity contribution in [3.8, 4) is 0 Å². The van der Waals surface area contributed by atoms with E-state index in [-0.39, 0.29) is 12.4 Å². The Morgan fingerprint density at radius 2 is 2.27 bits per heavy atom. The van der Waals surface area contributed by atoms with E-state index in [1.807, 2.05) is 0 Å². The highest BCUT2D eigenvalue weighted by atomic mass is 35.5. The van der Waals surface area contributed by atoms with Crippen molar-refractivity contribution in [3.05, 3.63) is 23.8 Å². The van der Waals surface area contributed by atoms with E-state index in [4.69, 9.17) is 0 Å². The predicted molar refractivity (Wildman–Crippen MR) is 46.6 cm³/mol. The number of fused-ring (bicyclic) bond motifs is 1. The van der Waals surface area contributed by atoms with Crippen LogP contribution < -0.4 is 12.4 Å². The maximum Gasteiger partial charge on any atom is 0.323 e. The lowest BCUT2D eigenvalue weighted by molar-refractivity contribution is -0.00000194. The second-order valence-electron chi connectivity index (χ2n) is 2.17. The molecular weight excluding hydrogens is 198 g/mol. The summed E-state index contributed by atoms with van der Waals surface area (Å²) >= 11 is 0. The molecular formula is C7H6ClNS2. The molecule has 4 heteroatoms. The molecule has 0 radical (unpaired) electrons. The maximum absolute atomic E-state index is 4.28. The van der Waals surface area contributed by atoms with E-state index in [0.717, 1.165) is 5.52 Å². The normalized spacial score (nSPS) is 9.55. The first-order valence-electron chi connectivity index (χ1n) is 3.02. The molecule has 0 amide bonds. The zero-order valence-corrected chi connectivity index (χ0v) is 8.26. The Bertz CT molecular complexity index is 358. The van der Waals surface area contributed by atoms with Crippen LogP contribution in [-0.2, 0) is 0 Å². The third-order valence-corrected chi connectivity index (χ3v) is 3.28. The first kappa shape index (κ1) is 8.84. The van der Waals surface area contributed by atoms with Gasteiger partial charge in [0.1, 0.15) is 0 Å². The molecule has 0 aliphatic rings. The minimum absolute atomic E-state index is 0. The molecule has 0 unspecified atom stereocenters. The van der Waals surface area contributed by atoms with Gasteiger partial charge in [-0.3, -0.25) is 0 Å². The first-order valence-corrected chi connectivity index (χ1v) is 5.13. The fourth-order valence-corrected chi connectivity index (χ4v) is 2.80. The van der Waals surface area contributed by atoms with Crippen LogP contribution in [0, 0.1) is 6.92 Å². The Morgan fingerprint density at radius 3 is 3.00 bits per heavy atom. The number of halogens is 1. The van der Waals surface area contributed by atoms with Gasteiger partial charge in [0.25, 0.3) is 15.2 Å². The molecule has 0 aliphatic carbocycles. The van der Waals surface area contributed by atoms with E-state index in [9.17, 15) is 0 Å².